The number of aromatic nitrogens is 3. The number of pyridine rings is 1. The molecule has 0 spiro atoms. The number of furan rings is 1. The van der Waals surface area contributed by atoms with E-state index in [1.807, 2.05) is 12.1 Å². The van der Waals surface area contributed by atoms with Gasteiger partial charge in [0.05, 0.1) is 17.8 Å². The Hall–Kier alpha value is -3.00. The molecule has 0 bridgehead atoms. The van der Waals surface area contributed by atoms with Gasteiger partial charge in [-0.25, -0.2) is 4.98 Å². The van der Waals surface area contributed by atoms with E-state index in [0.29, 0.717) is 25.3 Å². The molecule has 1 amide bonds. The summed E-state index contributed by atoms with van der Waals surface area (Å²) in [5, 5.41) is 2.97. The minimum atomic E-state index is -0.388. The molecule has 1 N–H and O–H groups in total. The second-order valence-electron chi connectivity index (χ2n) is 5.81. The van der Waals surface area contributed by atoms with E-state index in [2.05, 4.69) is 15.3 Å². The fraction of sp³-hybridized carbons (Fsp3) is 0.333. The molecule has 0 aliphatic heterocycles. The highest BCUT2D eigenvalue weighted by atomic mass is 16.5. The maximum atomic E-state index is 12.8. The number of hydrogen-bond donors (Lipinski definition) is 1. The molecule has 3 aromatic heterocycles. The highest BCUT2D eigenvalue weighted by Crippen LogP contribution is 2.20. The van der Waals surface area contributed by atoms with Crippen LogP contribution in [0.2, 0.25) is 0 Å². The molecule has 8 heteroatoms. The van der Waals surface area contributed by atoms with Crippen molar-refractivity contribution < 1.29 is 13.9 Å². The molecule has 0 saturated heterocycles. The van der Waals surface area contributed by atoms with Gasteiger partial charge in [0.1, 0.15) is 17.5 Å². The first-order chi connectivity index (χ1) is 12.6. The lowest BCUT2D eigenvalue weighted by Gasteiger charge is -2.06. The number of nitrogens with zero attached hydrogens (tertiary/aromatic N) is 3. The van der Waals surface area contributed by atoms with E-state index < -0.39 is 0 Å². The number of carbonyl (C=O) groups is 1. The molecular weight excluding hydrogens is 336 g/mol. The SMILES string of the molecule is COCCCn1cnc2oc(C)c(C(=O)NCc3ccccn3)c2c1=O. The number of rotatable bonds is 7. The number of aryl methyl sites for hydroxylation is 2. The minimum absolute atomic E-state index is 0.165. The van der Waals surface area contributed by atoms with Crippen molar-refractivity contribution in [2.75, 3.05) is 13.7 Å². The highest BCUT2D eigenvalue weighted by molar-refractivity contribution is 6.06. The lowest BCUT2D eigenvalue weighted by Crippen LogP contribution is -2.27. The molecule has 3 aromatic rings. The van der Waals surface area contributed by atoms with Gasteiger partial charge < -0.3 is 14.5 Å². The van der Waals surface area contributed by atoms with E-state index in [-0.39, 0.29) is 34.7 Å². The van der Waals surface area contributed by atoms with Gasteiger partial charge in [-0.05, 0) is 25.5 Å². The molecule has 0 unspecified atom stereocenters. The number of ether oxygens (including phenoxy) is 1. The van der Waals surface area contributed by atoms with Crippen LogP contribution in [-0.2, 0) is 17.8 Å². The zero-order valence-corrected chi connectivity index (χ0v) is 14.7. The van der Waals surface area contributed by atoms with Crippen LogP contribution >= 0.6 is 0 Å². The topological polar surface area (TPSA) is 99.2 Å². The Labute approximate surface area is 149 Å². The second-order valence-corrected chi connectivity index (χ2v) is 5.81. The van der Waals surface area contributed by atoms with Crippen LogP contribution in [0.3, 0.4) is 0 Å². The lowest BCUT2D eigenvalue weighted by molar-refractivity contribution is 0.0950. The van der Waals surface area contributed by atoms with Gasteiger partial charge in [0, 0.05) is 26.5 Å². The summed E-state index contributed by atoms with van der Waals surface area (Å²) in [7, 11) is 1.60. The minimum Gasteiger partial charge on any atom is -0.442 e. The average Bonchev–Trinajstić information content (AvgIpc) is 2.99. The Kier molecular flexibility index (Phi) is 5.43. The standard InChI is InChI=1S/C18H20N4O4/c1-12-14(16(23)20-10-13-6-3-4-7-19-13)15-17(26-12)21-11-22(18(15)24)8-5-9-25-2/h3-4,6-7,11H,5,8-10H2,1-2H3,(H,20,23). The predicted molar refractivity (Wildman–Crippen MR) is 94.9 cm³/mol. The molecule has 0 radical (unpaired) electrons. The van der Waals surface area contributed by atoms with Crippen molar-refractivity contribution in [3.8, 4) is 0 Å². The summed E-state index contributed by atoms with van der Waals surface area (Å²) in [5.74, 6) is -0.0294. The Balaban J connectivity index is 1.89. The van der Waals surface area contributed by atoms with Crippen molar-refractivity contribution in [1.82, 2.24) is 19.9 Å². The third-order valence-corrected chi connectivity index (χ3v) is 3.99. The largest absolute Gasteiger partial charge is 0.442 e. The third kappa shape index (κ3) is 3.65. The number of amides is 1. The fourth-order valence-electron chi connectivity index (χ4n) is 2.71. The molecule has 3 rings (SSSR count). The summed E-state index contributed by atoms with van der Waals surface area (Å²) in [6.45, 7) is 2.89. The second kappa shape index (κ2) is 7.92. The summed E-state index contributed by atoms with van der Waals surface area (Å²) in [6.07, 6.45) is 3.75. The monoisotopic (exact) mass is 356 g/mol. The van der Waals surface area contributed by atoms with Crippen molar-refractivity contribution in [3.63, 3.8) is 0 Å². The van der Waals surface area contributed by atoms with Gasteiger partial charge in [-0.15, -0.1) is 0 Å². The molecule has 0 aliphatic rings. The zero-order valence-electron chi connectivity index (χ0n) is 14.7. The molecule has 136 valence electrons. The first kappa shape index (κ1) is 17.8. The first-order valence-corrected chi connectivity index (χ1v) is 8.27. The van der Waals surface area contributed by atoms with Crippen LogP contribution in [0.5, 0.6) is 0 Å². The molecular formula is C18H20N4O4. The molecule has 26 heavy (non-hydrogen) atoms. The van der Waals surface area contributed by atoms with Gasteiger partial charge in [-0.1, -0.05) is 6.07 Å². The summed E-state index contributed by atoms with van der Waals surface area (Å²) >= 11 is 0. The quantitative estimate of drug-likeness (QED) is 0.646. The Morgan fingerprint density at radius 1 is 1.35 bits per heavy atom. The van der Waals surface area contributed by atoms with E-state index in [9.17, 15) is 9.59 Å². The molecule has 3 heterocycles. The molecule has 0 aliphatic carbocycles. The van der Waals surface area contributed by atoms with Crippen LogP contribution in [0.1, 0.15) is 28.2 Å². The summed E-state index contributed by atoms with van der Waals surface area (Å²) < 4.78 is 12.0. The fourth-order valence-corrected chi connectivity index (χ4v) is 2.71. The Morgan fingerprint density at radius 3 is 2.92 bits per heavy atom. The third-order valence-electron chi connectivity index (χ3n) is 3.99. The number of nitrogens with one attached hydrogen (secondary N) is 1. The van der Waals surface area contributed by atoms with E-state index in [1.165, 1.54) is 10.9 Å². The number of fused-ring (bicyclic) bond motifs is 1. The molecule has 0 fully saturated rings. The van der Waals surface area contributed by atoms with Crippen molar-refractivity contribution in [2.45, 2.75) is 26.4 Å². The van der Waals surface area contributed by atoms with Gasteiger partial charge in [0.25, 0.3) is 11.5 Å². The zero-order chi connectivity index (χ0) is 18.5. The maximum Gasteiger partial charge on any atom is 0.265 e. The normalized spacial score (nSPS) is 11.0. The van der Waals surface area contributed by atoms with Crippen LogP contribution in [0.4, 0.5) is 0 Å². The highest BCUT2D eigenvalue weighted by Gasteiger charge is 2.22. The summed E-state index contributed by atoms with van der Waals surface area (Å²) in [4.78, 5) is 33.7. The number of hydrogen-bond acceptors (Lipinski definition) is 6. The molecule has 8 nitrogen and oxygen atoms in total. The molecule has 0 saturated carbocycles. The van der Waals surface area contributed by atoms with Crippen molar-refractivity contribution in [2.24, 2.45) is 0 Å². The Morgan fingerprint density at radius 2 is 2.19 bits per heavy atom. The van der Waals surface area contributed by atoms with Gasteiger partial charge in [-0.3, -0.25) is 19.1 Å². The van der Waals surface area contributed by atoms with Crippen LogP contribution in [0, 0.1) is 6.92 Å². The summed E-state index contributed by atoms with van der Waals surface area (Å²) in [6, 6.07) is 5.46. The first-order valence-electron chi connectivity index (χ1n) is 8.27. The average molecular weight is 356 g/mol. The van der Waals surface area contributed by atoms with E-state index >= 15 is 0 Å². The van der Waals surface area contributed by atoms with Crippen molar-refractivity contribution in [1.29, 1.82) is 0 Å². The van der Waals surface area contributed by atoms with E-state index in [0.717, 1.165) is 5.69 Å². The van der Waals surface area contributed by atoms with Crippen molar-refractivity contribution in [3.05, 3.63) is 58.1 Å². The summed E-state index contributed by atoms with van der Waals surface area (Å²) in [5.41, 5.74) is 0.806. The predicted octanol–water partition coefficient (Wildman–Crippen LogP) is 1.66. The van der Waals surface area contributed by atoms with E-state index in [1.54, 1.807) is 26.3 Å². The number of methoxy groups -OCH3 is 1. The van der Waals surface area contributed by atoms with E-state index in [4.69, 9.17) is 9.15 Å². The van der Waals surface area contributed by atoms with Crippen LogP contribution in [0.15, 0.2) is 39.9 Å². The Bertz CT molecular complexity index is 962. The van der Waals surface area contributed by atoms with Gasteiger partial charge in [-0.2, -0.15) is 0 Å². The van der Waals surface area contributed by atoms with Crippen LogP contribution < -0.4 is 10.9 Å². The van der Waals surface area contributed by atoms with Gasteiger partial charge in [0.2, 0.25) is 5.71 Å². The maximum absolute atomic E-state index is 12.8. The molecule has 0 atom stereocenters. The lowest BCUT2D eigenvalue weighted by atomic mass is 10.1. The van der Waals surface area contributed by atoms with Gasteiger partial charge in [0.15, 0.2) is 0 Å². The van der Waals surface area contributed by atoms with Crippen molar-refractivity contribution >= 4 is 17.0 Å². The number of carbonyl (C=O) groups excluding carboxylic acids is 1. The smallest absolute Gasteiger partial charge is 0.265 e. The van der Waals surface area contributed by atoms with Crippen LogP contribution in [0.25, 0.3) is 11.1 Å². The molecule has 0 aromatic carbocycles. The van der Waals surface area contributed by atoms with Crippen LogP contribution in [-0.4, -0.2) is 34.2 Å². The van der Waals surface area contributed by atoms with Gasteiger partial charge >= 0.3 is 0 Å².